The Bertz CT molecular complexity index is 549. The van der Waals surface area contributed by atoms with Crippen LogP contribution < -0.4 is 9.61 Å². The SMILES string of the molecule is COC(=O)C(C)NP(=O)(Cl)Oc1ccc([N+](=O)[O-])cc1. The molecule has 2 unspecified atom stereocenters. The summed E-state index contributed by atoms with van der Waals surface area (Å²) < 4.78 is 21.3. The van der Waals surface area contributed by atoms with Crippen LogP contribution in [-0.4, -0.2) is 24.0 Å². The zero-order valence-corrected chi connectivity index (χ0v) is 12.3. The predicted octanol–water partition coefficient (Wildman–Crippen LogP) is 2.47. The molecule has 1 aromatic carbocycles. The summed E-state index contributed by atoms with van der Waals surface area (Å²) in [6.07, 6.45) is 0. The number of methoxy groups -OCH3 is 1. The van der Waals surface area contributed by atoms with Crippen molar-refractivity contribution in [2.24, 2.45) is 0 Å². The van der Waals surface area contributed by atoms with Gasteiger partial charge in [0.25, 0.3) is 5.69 Å². The molecule has 1 rings (SSSR count). The molecule has 0 aromatic heterocycles. The Kier molecular flexibility index (Phi) is 5.50. The number of nitro groups is 1. The fourth-order valence-corrected chi connectivity index (χ4v) is 2.94. The maximum absolute atomic E-state index is 11.9. The van der Waals surface area contributed by atoms with Crippen LogP contribution in [0.3, 0.4) is 0 Å². The molecule has 1 aromatic rings. The first kappa shape index (κ1) is 16.4. The van der Waals surface area contributed by atoms with E-state index in [1.54, 1.807) is 0 Å². The lowest BCUT2D eigenvalue weighted by molar-refractivity contribution is -0.384. The summed E-state index contributed by atoms with van der Waals surface area (Å²) in [6, 6.07) is 3.92. The number of hydrogen-bond donors (Lipinski definition) is 1. The first-order valence-electron chi connectivity index (χ1n) is 5.34. The molecule has 0 spiro atoms. The van der Waals surface area contributed by atoms with Crippen LogP contribution in [0, 0.1) is 10.1 Å². The van der Waals surface area contributed by atoms with E-state index >= 15 is 0 Å². The van der Waals surface area contributed by atoms with Gasteiger partial charge in [-0.1, -0.05) is 0 Å². The van der Waals surface area contributed by atoms with Crippen molar-refractivity contribution < 1.29 is 23.5 Å². The monoisotopic (exact) mass is 322 g/mol. The molecule has 0 saturated heterocycles. The van der Waals surface area contributed by atoms with Crippen molar-refractivity contribution in [2.75, 3.05) is 7.11 Å². The number of benzene rings is 1. The van der Waals surface area contributed by atoms with Crippen LogP contribution in [0.1, 0.15) is 6.92 Å². The van der Waals surface area contributed by atoms with Gasteiger partial charge in [-0.25, -0.2) is 9.65 Å². The Balaban J connectivity index is 2.73. The molecule has 0 radical (unpaired) electrons. The van der Waals surface area contributed by atoms with Crippen molar-refractivity contribution in [3.8, 4) is 5.75 Å². The Morgan fingerprint density at radius 3 is 2.45 bits per heavy atom. The molecule has 8 nitrogen and oxygen atoms in total. The van der Waals surface area contributed by atoms with Crippen LogP contribution in [0.5, 0.6) is 5.75 Å². The first-order valence-corrected chi connectivity index (χ1v) is 7.87. The number of non-ortho nitro benzene ring substituents is 1. The van der Waals surface area contributed by atoms with Crippen LogP contribution in [0.25, 0.3) is 0 Å². The predicted molar refractivity (Wildman–Crippen MR) is 71.8 cm³/mol. The molecule has 10 heteroatoms. The van der Waals surface area contributed by atoms with E-state index in [-0.39, 0.29) is 11.4 Å². The Labute approximate surface area is 119 Å². The lowest BCUT2D eigenvalue weighted by Gasteiger charge is -2.17. The van der Waals surface area contributed by atoms with E-state index in [0.29, 0.717) is 0 Å². The normalized spacial score (nSPS) is 14.9. The summed E-state index contributed by atoms with van der Waals surface area (Å²) in [4.78, 5) is 21.1. The molecular weight excluding hydrogens is 311 g/mol. The molecule has 0 bridgehead atoms. The number of hydrogen-bond acceptors (Lipinski definition) is 6. The van der Waals surface area contributed by atoms with Gasteiger partial charge in [0.15, 0.2) is 0 Å². The molecule has 110 valence electrons. The third-order valence-corrected chi connectivity index (χ3v) is 3.81. The van der Waals surface area contributed by atoms with Crippen molar-refractivity contribution in [1.29, 1.82) is 0 Å². The van der Waals surface area contributed by atoms with E-state index in [1.165, 1.54) is 38.3 Å². The molecule has 2 atom stereocenters. The van der Waals surface area contributed by atoms with Crippen molar-refractivity contribution in [3.05, 3.63) is 34.4 Å². The summed E-state index contributed by atoms with van der Waals surface area (Å²) >= 11 is 5.65. The Hall–Kier alpha value is -1.63. The second-order valence-corrected chi connectivity index (χ2v) is 6.43. The zero-order valence-electron chi connectivity index (χ0n) is 10.6. The van der Waals surface area contributed by atoms with Gasteiger partial charge >= 0.3 is 12.8 Å². The minimum atomic E-state index is -3.82. The van der Waals surface area contributed by atoms with Crippen LogP contribution in [0.2, 0.25) is 0 Å². The molecule has 0 fully saturated rings. The van der Waals surface area contributed by atoms with Gasteiger partial charge in [-0.15, -0.1) is 0 Å². The van der Waals surface area contributed by atoms with Gasteiger partial charge in [0.2, 0.25) is 0 Å². The highest BCUT2D eigenvalue weighted by atomic mass is 35.7. The highest BCUT2D eigenvalue weighted by molar-refractivity contribution is 7.84. The van der Waals surface area contributed by atoms with E-state index in [0.717, 1.165) is 0 Å². The number of esters is 1. The van der Waals surface area contributed by atoms with E-state index < -0.39 is 23.8 Å². The largest absolute Gasteiger partial charge is 0.468 e. The molecule has 20 heavy (non-hydrogen) atoms. The minimum Gasteiger partial charge on any atom is -0.468 e. The van der Waals surface area contributed by atoms with Gasteiger partial charge < -0.3 is 9.26 Å². The standard InChI is InChI=1S/C10H12ClN2O6P/c1-7(10(14)18-2)12-20(11,17)19-9-5-3-8(4-6-9)13(15)16/h3-7H,1-2H3,(H,12,17). The number of ether oxygens (including phenoxy) is 1. The van der Waals surface area contributed by atoms with Gasteiger partial charge in [-0.05, 0) is 19.1 Å². The first-order chi connectivity index (χ1) is 9.25. The fraction of sp³-hybridized carbons (Fsp3) is 0.300. The summed E-state index contributed by atoms with van der Waals surface area (Å²) in [5.74, 6) is -0.586. The van der Waals surface area contributed by atoms with Gasteiger partial charge in [0.05, 0.1) is 12.0 Å². The summed E-state index contributed by atoms with van der Waals surface area (Å²) in [5.41, 5.74) is -0.141. The van der Waals surface area contributed by atoms with Gasteiger partial charge in [-0.2, -0.15) is 0 Å². The number of nitro benzene ring substituents is 1. The number of carbonyl (C=O) groups is 1. The number of halogens is 1. The number of carbonyl (C=O) groups excluding carboxylic acids is 1. The highest BCUT2D eigenvalue weighted by Crippen LogP contribution is 2.48. The maximum Gasteiger partial charge on any atom is 0.409 e. The van der Waals surface area contributed by atoms with Crippen molar-refractivity contribution in [1.82, 2.24) is 5.09 Å². The molecule has 0 aliphatic heterocycles. The number of nitrogens with one attached hydrogen (secondary N) is 1. The summed E-state index contributed by atoms with van der Waals surface area (Å²) in [6.45, 7) is -2.42. The third kappa shape index (κ3) is 4.80. The van der Waals surface area contributed by atoms with E-state index in [4.69, 9.17) is 15.8 Å². The van der Waals surface area contributed by atoms with Crippen molar-refractivity contribution in [2.45, 2.75) is 13.0 Å². The van der Waals surface area contributed by atoms with E-state index in [2.05, 4.69) is 9.82 Å². The number of nitrogens with zero attached hydrogens (tertiary/aromatic N) is 1. The smallest absolute Gasteiger partial charge is 0.409 e. The van der Waals surface area contributed by atoms with Gasteiger partial charge in [0, 0.05) is 23.4 Å². The van der Waals surface area contributed by atoms with Gasteiger partial charge in [-0.3, -0.25) is 14.9 Å². The third-order valence-electron chi connectivity index (χ3n) is 2.17. The topological polar surface area (TPSA) is 108 Å². The maximum atomic E-state index is 11.9. The molecular formula is C10H12ClN2O6P. The van der Waals surface area contributed by atoms with Crippen molar-refractivity contribution >= 4 is 29.8 Å². The molecule has 0 heterocycles. The van der Waals surface area contributed by atoms with E-state index in [1.807, 2.05) is 0 Å². The average molecular weight is 323 g/mol. The van der Waals surface area contributed by atoms with E-state index in [9.17, 15) is 19.5 Å². The molecule has 0 amide bonds. The lowest BCUT2D eigenvalue weighted by Crippen LogP contribution is -2.32. The lowest BCUT2D eigenvalue weighted by atomic mass is 10.3. The molecule has 0 saturated carbocycles. The minimum absolute atomic E-state index is 0.0681. The molecule has 0 aliphatic rings. The Morgan fingerprint density at radius 2 is 2.00 bits per heavy atom. The summed E-state index contributed by atoms with van der Waals surface area (Å²) in [5, 5.41) is 12.8. The fourth-order valence-electron chi connectivity index (χ4n) is 1.25. The second-order valence-electron chi connectivity index (χ2n) is 3.70. The van der Waals surface area contributed by atoms with Crippen LogP contribution in [-0.2, 0) is 14.1 Å². The molecule has 0 aliphatic carbocycles. The van der Waals surface area contributed by atoms with Crippen LogP contribution in [0.4, 0.5) is 5.69 Å². The van der Waals surface area contributed by atoms with Crippen LogP contribution in [0.15, 0.2) is 24.3 Å². The molecule has 1 N–H and O–H groups in total. The van der Waals surface area contributed by atoms with Gasteiger partial charge in [0.1, 0.15) is 11.8 Å². The quantitative estimate of drug-likeness (QED) is 0.371. The van der Waals surface area contributed by atoms with Crippen molar-refractivity contribution in [3.63, 3.8) is 0 Å². The summed E-state index contributed by atoms with van der Waals surface area (Å²) in [7, 11) is 1.18. The average Bonchev–Trinajstić information content (AvgIpc) is 2.37. The highest BCUT2D eigenvalue weighted by Gasteiger charge is 2.27. The zero-order chi connectivity index (χ0) is 15.3. The number of rotatable bonds is 6. The Morgan fingerprint density at radius 1 is 1.45 bits per heavy atom. The van der Waals surface area contributed by atoms with Crippen LogP contribution >= 0.6 is 18.1 Å². The second kappa shape index (κ2) is 6.69.